The minimum atomic E-state index is -3.25. The molecule has 0 saturated carbocycles. The van der Waals surface area contributed by atoms with Crippen molar-refractivity contribution in [3.63, 3.8) is 0 Å². The van der Waals surface area contributed by atoms with Crippen LogP contribution >= 0.6 is 7.59 Å². The van der Waals surface area contributed by atoms with Crippen LogP contribution in [0.3, 0.4) is 0 Å². The van der Waals surface area contributed by atoms with Crippen molar-refractivity contribution in [2.45, 2.75) is 137 Å². The van der Waals surface area contributed by atoms with E-state index in [2.05, 4.69) is 46.6 Å². The van der Waals surface area contributed by atoms with Gasteiger partial charge in [-0.15, -0.1) is 0 Å². The smallest absolute Gasteiger partial charge is 0.271 e. The van der Waals surface area contributed by atoms with Crippen molar-refractivity contribution < 1.29 is 4.57 Å². The zero-order chi connectivity index (χ0) is 22.3. The van der Waals surface area contributed by atoms with E-state index in [1.54, 1.807) is 0 Å². The van der Waals surface area contributed by atoms with Crippen molar-refractivity contribution in [2.75, 3.05) is 0 Å². The zero-order valence-corrected chi connectivity index (χ0v) is 21.5. The quantitative estimate of drug-likeness (QED) is 0.144. The molecule has 0 spiro atoms. The molecule has 0 heterocycles. The molecule has 0 aliphatic carbocycles. The Labute approximate surface area is 183 Å². The summed E-state index contributed by atoms with van der Waals surface area (Å²) in [7, 11) is -3.25. The van der Waals surface area contributed by atoms with Crippen LogP contribution in [-0.4, -0.2) is 5.54 Å². The monoisotopic (exact) mass is 431 g/mol. The topological polar surface area (TPSA) is 81.1 Å². The summed E-state index contributed by atoms with van der Waals surface area (Å²) < 4.78 is 12.4. The molecular weight excluding hydrogens is 377 g/mol. The summed E-state index contributed by atoms with van der Waals surface area (Å²) in [6, 6.07) is 0. The molecule has 0 fully saturated rings. The molecular formula is C24H54N3OP. The summed E-state index contributed by atoms with van der Waals surface area (Å²) in [6.45, 7) is 13.7. The van der Waals surface area contributed by atoms with Gasteiger partial charge in [0.05, 0.1) is 0 Å². The van der Waals surface area contributed by atoms with Crippen molar-refractivity contribution in [1.29, 1.82) is 0 Å². The van der Waals surface area contributed by atoms with Crippen molar-refractivity contribution in [3.8, 4) is 0 Å². The van der Waals surface area contributed by atoms with E-state index in [4.69, 9.17) is 11.0 Å². The van der Waals surface area contributed by atoms with Gasteiger partial charge in [0, 0.05) is 5.54 Å². The number of nitrogens with two attached hydrogens (primary N) is 2. The lowest BCUT2D eigenvalue weighted by atomic mass is 9.82. The van der Waals surface area contributed by atoms with Gasteiger partial charge < -0.3 is 0 Å². The maximum absolute atomic E-state index is 12.4. The Morgan fingerprint density at radius 3 is 1.24 bits per heavy atom. The van der Waals surface area contributed by atoms with Gasteiger partial charge in [0.2, 0.25) is 0 Å². The molecule has 176 valence electrons. The van der Waals surface area contributed by atoms with E-state index in [0.29, 0.717) is 0 Å². The van der Waals surface area contributed by atoms with Crippen LogP contribution in [0.1, 0.15) is 131 Å². The first-order valence-corrected chi connectivity index (χ1v) is 14.3. The second-order valence-corrected chi connectivity index (χ2v) is 12.4. The third-order valence-corrected chi connectivity index (χ3v) is 6.80. The van der Waals surface area contributed by atoms with Crippen LogP contribution < -0.4 is 16.1 Å². The summed E-state index contributed by atoms with van der Waals surface area (Å²) in [6.07, 6.45) is 16.7. The molecule has 0 amide bonds. The lowest BCUT2D eigenvalue weighted by Crippen LogP contribution is -2.46. The fraction of sp³-hybridized carbons (Fsp3) is 1.00. The molecule has 5 heteroatoms. The highest BCUT2D eigenvalue weighted by Gasteiger charge is 2.33. The normalized spacial score (nSPS) is 13.2. The van der Waals surface area contributed by atoms with Crippen molar-refractivity contribution in [3.05, 3.63) is 0 Å². The maximum atomic E-state index is 12.4. The van der Waals surface area contributed by atoms with Crippen LogP contribution in [0.15, 0.2) is 0 Å². The number of rotatable bonds is 19. The summed E-state index contributed by atoms with van der Waals surface area (Å²) in [5.41, 5.74) is 11.5. The Hall–Kier alpha value is 0.110. The summed E-state index contributed by atoms with van der Waals surface area (Å²) in [5, 5.41) is 3.27. The summed E-state index contributed by atoms with van der Waals surface area (Å²) in [4.78, 5) is 0. The Morgan fingerprint density at radius 2 is 0.931 bits per heavy atom. The molecule has 5 N–H and O–H groups in total. The summed E-state index contributed by atoms with van der Waals surface area (Å²) in [5.74, 6) is 2.27. The Kier molecular flexibility index (Phi) is 15.9. The van der Waals surface area contributed by atoms with Gasteiger partial charge in [0.25, 0.3) is 7.59 Å². The number of hydrogen-bond acceptors (Lipinski definition) is 1. The second kappa shape index (κ2) is 15.8. The molecule has 0 rings (SSSR count). The average molecular weight is 432 g/mol. The van der Waals surface area contributed by atoms with Gasteiger partial charge in [-0.05, 0) is 37.0 Å². The van der Waals surface area contributed by atoms with Gasteiger partial charge >= 0.3 is 0 Å². The van der Waals surface area contributed by atoms with Crippen LogP contribution in [0, 0.1) is 17.8 Å². The Morgan fingerprint density at radius 1 is 0.621 bits per heavy atom. The largest absolute Gasteiger partial charge is 0.274 e. The molecule has 0 saturated heterocycles. The van der Waals surface area contributed by atoms with Gasteiger partial charge in [0.15, 0.2) is 0 Å². The van der Waals surface area contributed by atoms with Crippen LogP contribution in [0.4, 0.5) is 0 Å². The average Bonchev–Trinajstić information content (AvgIpc) is 2.56. The van der Waals surface area contributed by atoms with Crippen LogP contribution in [0.5, 0.6) is 0 Å². The third kappa shape index (κ3) is 18.6. The molecule has 0 aliphatic rings. The second-order valence-electron chi connectivity index (χ2n) is 10.7. The van der Waals surface area contributed by atoms with Gasteiger partial charge in [-0.2, -0.15) is 0 Å². The summed E-state index contributed by atoms with van der Waals surface area (Å²) >= 11 is 0. The van der Waals surface area contributed by atoms with E-state index in [1.807, 2.05) is 0 Å². The SMILES string of the molecule is CC(C)CCCCCC(CCCCCC(C)C)(CCCCC(C)C)NP(N)(N)=O. The predicted octanol–water partition coefficient (Wildman–Crippen LogP) is 7.77. The molecule has 0 aliphatic heterocycles. The zero-order valence-electron chi connectivity index (χ0n) is 20.6. The molecule has 29 heavy (non-hydrogen) atoms. The molecule has 0 aromatic heterocycles. The predicted molar refractivity (Wildman–Crippen MR) is 131 cm³/mol. The van der Waals surface area contributed by atoms with Crippen molar-refractivity contribution >= 4 is 7.59 Å². The van der Waals surface area contributed by atoms with Crippen LogP contribution in [0.25, 0.3) is 0 Å². The van der Waals surface area contributed by atoms with Gasteiger partial charge in [0.1, 0.15) is 0 Å². The molecule has 0 atom stereocenters. The number of nitrogens with one attached hydrogen (secondary N) is 1. The fourth-order valence-corrected chi connectivity index (χ4v) is 5.39. The molecule has 0 aromatic carbocycles. The molecule has 0 unspecified atom stereocenters. The Balaban J connectivity index is 4.90. The number of hydrogen-bond donors (Lipinski definition) is 3. The molecule has 0 radical (unpaired) electrons. The highest BCUT2D eigenvalue weighted by molar-refractivity contribution is 7.56. The van der Waals surface area contributed by atoms with E-state index in [9.17, 15) is 4.57 Å². The first-order valence-electron chi connectivity index (χ1n) is 12.4. The lowest BCUT2D eigenvalue weighted by molar-refractivity contribution is 0.271. The van der Waals surface area contributed by atoms with Crippen molar-refractivity contribution in [2.24, 2.45) is 28.8 Å². The Bertz CT molecular complexity index is 414. The molecule has 0 aromatic rings. The van der Waals surface area contributed by atoms with Gasteiger partial charge in [-0.3, -0.25) is 15.6 Å². The van der Waals surface area contributed by atoms with Gasteiger partial charge in [-0.1, -0.05) is 112 Å². The minimum absolute atomic E-state index is 0.161. The fourth-order valence-electron chi connectivity index (χ4n) is 4.31. The first-order chi connectivity index (χ1) is 13.5. The molecule has 4 nitrogen and oxygen atoms in total. The maximum Gasteiger partial charge on any atom is 0.274 e. The van der Waals surface area contributed by atoms with Crippen molar-refractivity contribution in [1.82, 2.24) is 5.09 Å². The van der Waals surface area contributed by atoms with Crippen LogP contribution in [-0.2, 0) is 4.57 Å². The number of unbranched alkanes of at least 4 members (excludes halogenated alkanes) is 5. The lowest BCUT2D eigenvalue weighted by Gasteiger charge is -2.37. The van der Waals surface area contributed by atoms with E-state index in [1.165, 1.54) is 51.4 Å². The van der Waals surface area contributed by atoms with E-state index in [0.717, 1.165) is 56.3 Å². The standard InChI is InChI=1S/C24H54N3OP/c1-21(2)15-9-7-12-18-24(27-29(25,26)28,20-14-11-17-23(5)6)19-13-8-10-16-22(3)4/h21-23H,7-20H2,1-6H3,(H5,25,26,27,28). The highest BCUT2D eigenvalue weighted by Crippen LogP contribution is 2.36. The van der Waals surface area contributed by atoms with Crippen LogP contribution in [0.2, 0.25) is 0 Å². The van der Waals surface area contributed by atoms with Gasteiger partial charge in [-0.25, -0.2) is 5.09 Å². The first kappa shape index (κ1) is 29.1. The third-order valence-electron chi connectivity index (χ3n) is 5.97. The van der Waals surface area contributed by atoms with E-state index in [-0.39, 0.29) is 5.54 Å². The highest BCUT2D eigenvalue weighted by atomic mass is 31.2. The minimum Gasteiger partial charge on any atom is -0.271 e. The molecule has 0 bridgehead atoms. The van der Waals surface area contributed by atoms with E-state index >= 15 is 0 Å². The van der Waals surface area contributed by atoms with E-state index < -0.39 is 7.59 Å².